The van der Waals surface area contributed by atoms with E-state index in [9.17, 15) is 9.59 Å². The van der Waals surface area contributed by atoms with Crippen LogP contribution in [0.1, 0.15) is 23.2 Å². The zero-order valence-electron chi connectivity index (χ0n) is 8.09. The quantitative estimate of drug-likeness (QED) is 0.695. The minimum Gasteiger partial charge on any atom is -0.481 e. The summed E-state index contributed by atoms with van der Waals surface area (Å²) >= 11 is 0. The number of aryl methyl sites for hydroxylation is 1. The molecule has 0 unspecified atom stereocenters. The second kappa shape index (κ2) is 5.09. The Morgan fingerprint density at radius 2 is 1.80 bits per heavy atom. The molecule has 5 heteroatoms. The number of aromatic nitrogens is 1. The van der Waals surface area contributed by atoms with Gasteiger partial charge in [-0.25, -0.2) is 9.36 Å². The summed E-state index contributed by atoms with van der Waals surface area (Å²) in [6.07, 6.45) is 3.91. The maximum atomic E-state index is 10.5. The van der Waals surface area contributed by atoms with Crippen LogP contribution in [0.25, 0.3) is 0 Å². The van der Waals surface area contributed by atoms with Crippen molar-refractivity contribution in [3.05, 3.63) is 30.1 Å². The van der Waals surface area contributed by atoms with Gasteiger partial charge in [0, 0.05) is 18.6 Å². The number of carbonyl (C=O) groups is 2. The van der Waals surface area contributed by atoms with Gasteiger partial charge in [0.05, 0.1) is 12.0 Å². The number of pyridine rings is 1. The zero-order chi connectivity index (χ0) is 11.3. The molecule has 0 fully saturated rings. The number of aromatic carboxylic acids is 1. The van der Waals surface area contributed by atoms with E-state index in [0.717, 1.165) is 0 Å². The van der Waals surface area contributed by atoms with Crippen molar-refractivity contribution in [2.24, 2.45) is 0 Å². The minimum atomic E-state index is -0.965. The molecule has 0 spiro atoms. The van der Waals surface area contributed by atoms with Crippen LogP contribution in [0.4, 0.5) is 0 Å². The van der Waals surface area contributed by atoms with Gasteiger partial charge < -0.3 is 10.2 Å². The molecule has 1 heterocycles. The monoisotopic (exact) mass is 210 g/mol. The van der Waals surface area contributed by atoms with Crippen molar-refractivity contribution in [1.29, 1.82) is 0 Å². The van der Waals surface area contributed by atoms with Gasteiger partial charge in [-0.2, -0.15) is 0 Å². The summed E-state index contributed by atoms with van der Waals surface area (Å²) in [5.41, 5.74) is 0.226. The van der Waals surface area contributed by atoms with Gasteiger partial charge in [-0.05, 0) is 0 Å². The summed E-state index contributed by atoms with van der Waals surface area (Å²) in [6.45, 7) is 0.576. The third-order valence-corrected chi connectivity index (χ3v) is 1.95. The molecular formula is C10H12NO4+. The summed E-state index contributed by atoms with van der Waals surface area (Å²) < 4.78 is 1.76. The summed E-state index contributed by atoms with van der Waals surface area (Å²) in [5, 5.41) is 17.1. The fourth-order valence-electron chi connectivity index (χ4n) is 1.16. The molecule has 0 saturated carbocycles. The van der Waals surface area contributed by atoms with Gasteiger partial charge >= 0.3 is 11.9 Å². The normalized spacial score (nSPS) is 9.87. The number of hydrogen-bond donors (Lipinski definition) is 2. The molecule has 0 atom stereocenters. The fraction of sp³-hybridized carbons (Fsp3) is 0.300. The van der Waals surface area contributed by atoms with E-state index in [2.05, 4.69) is 0 Å². The molecular weight excluding hydrogens is 198 g/mol. The SMILES string of the molecule is O=C(O)CCC[n+]1ccc(C(=O)O)cc1. The lowest BCUT2D eigenvalue weighted by molar-refractivity contribution is -0.697. The van der Waals surface area contributed by atoms with E-state index in [0.29, 0.717) is 13.0 Å². The lowest BCUT2D eigenvalue weighted by Gasteiger charge is -1.96. The van der Waals surface area contributed by atoms with Crippen LogP contribution < -0.4 is 4.57 Å². The number of hydrogen-bond acceptors (Lipinski definition) is 2. The Labute approximate surface area is 86.6 Å². The van der Waals surface area contributed by atoms with Gasteiger partial charge in [-0.3, -0.25) is 4.79 Å². The fourth-order valence-corrected chi connectivity index (χ4v) is 1.16. The van der Waals surface area contributed by atoms with Gasteiger partial charge in [-0.1, -0.05) is 0 Å². The first-order valence-electron chi connectivity index (χ1n) is 4.54. The number of nitrogens with zero attached hydrogens (tertiary/aromatic N) is 1. The molecule has 0 aliphatic rings. The molecule has 0 radical (unpaired) electrons. The first kappa shape index (κ1) is 11.2. The van der Waals surface area contributed by atoms with Crippen LogP contribution in [0.15, 0.2) is 24.5 Å². The van der Waals surface area contributed by atoms with Crippen LogP contribution in [-0.4, -0.2) is 22.2 Å². The Balaban J connectivity index is 2.50. The Bertz CT molecular complexity index is 358. The highest BCUT2D eigenvalue weighted by Gasteiger charge is 2.06. The summed E-state index contributed by atoms with van der Waals surface area (Å²) in [7, 11) is 0. The second-order valence-electron chi connectivity index (χ2n) is 3.13. The summed E-state index contributed by atoms with van der Waals surface area (Å²) in [5.74, 6) is -1.79. The molecule has 0 bridgehead atoms. The summed E-state index contributed by atoms with van der Waals surface area (Å²) in [6, 6.07) is 2.98. The molecule has 0 amide bonds. The molecule has 80 valence electrons. The van der Waals surface area contributed by atoms with Gasteiger partial charge in [0.25, 0.3) is 0 Å². The standard InChI is InChI=1S/C10H11NO4/c12-9(13)2-1-5-11-6-3-8(4-7-11)10(14)15/h3-4,6-7H,1-2,5H2,(H-,12,13,14,15)/p+1. The van der Waals surface area contributed by atoms with Crippen molar-refractivity contribution >= 4 is 11.9 Å². The molecule has 0 aliphatic carbocycles. The lowest BCUT2D eigenvalue weighted by Crippen LogP contribution is -2.33. The number of aliphatic carboxylic acids is 1. The van der Waals surface area contributed by atoms with Crippen molar-refractivity contribution in [3.63, 3.8) is 0 Å². The van der Waals surface area contributed by atoms with Gasteiger partial charge in [0.15, 0.2) is 12.4 Å². The first-order chi connectivity index (χ1) is 7.09. The Morgan fingerprint density at radius 1 is 1.20 bits per heavy atom. The van der Waals surface area contributed by atoms with Gasteiger partial charge in [-0.15, -0.1) is 0 Å². The Hall–Kier alpha value is -1.91. The van der Waals surface area contributed by atoms with Crippen molar-refractivity contribution in [1.82, 2.24) is 0 Å². The van der Waals surface area contributed by atoms with Crippen molar-refractivity contribution in [3.8, 4) is 0 Å². The lowest BCUT2D eigenvalue weighted by atomic mass is 10.2. The smallest absolute Gasteiger partial charge is 0.336 e. The van der Waals surface area contributed by atoms with Crippen LogP contribution in [-0.2, 0) is 11.3 Å². The third-order valence-electron chi connectivity index (χ3n) is 1.95. The van der Waals surface area contributed by atoms with E-state index in [1.54, 1.807) is 17.0 Å². The van der Waals surface area contributed by atoms with Crippen molar-refractivity contribution in [2.45, 2.75) is 19.4 Å². The van der Waals surface area contributed by atoms with Gasteiger partial charge in [0.2, 0.25) is 0 Å². The third kappa shape index (κ3) is 3.76. The number of carboxylic acids is 2. The molecule has 0 saturated heterocycles. The molecule has 15 heavy (non-hydrogen) atoms. The van der Waals surface area contributed by atoms with Crippen molar-refractivity contribution < 1.29 is 24.4 Å². The predicted molar refractivity (Wildman–Crippen MR) is 50.5 cm³/mol. The van der Waals surface area contributed by atoms with Crippen LogP contribution >= 0.6 is 0 Å². The highest BCUT2D eigenvalue weighted by Crippen LogP contribution is 1.95. The molecule has 0 aliphatic heterocycles. The van der Waals surface area contributed by atoms with E-state index in [1.165, 1.54) is 12.1 Å². The van der Waals surface area contributed by atoms with Crippen molar-refractivity contribution in [2.75, 3.05) is 0 Å². The number of rotatable bonds is 5. The highest BCUT2D eigenvalue weighted by molar-refractivity contribution is 5.87. The average molecular weight is 210 g/mol. The Kier molecular flexibility index (Phi) is 3.79. The largest absolute Gasteiger partial charge is 0.481 e. The first-order valence-corrected chi connectivity index (χ1v) is 4.54. The van der Waals surface area contributed by atoms with Crippen LogP contribution in [0.2, 0.25) is 0 Å². The topological polar surface area (TPSA) is 78.5 Å². The molecule has 1 aromatic rings. The van der Waals surface area contributed by atoms with E-state index < -0.39 is 11.9 Å². The van der Waals surface area contributed by atoms with E-state index in [1.807, 2.05) is 0 Å². The zero-order valence-corrected chi connectivity index (χ0v) is 8.09. The summed E-state index contributed by atoms with van der Waals surface area (Å²) in [4.78, 5) is 20.8. The average Bonchev–Trinajstić information content (AvgIpc) is 2.18. The van der Waals surface area contributed by atoms with Crippen LogP contribution in [0, 0.1) is 0 Å². The maximum absolute atomic E-state index is 10.5. The van der Waals surface area contributed by atoms with E-state index >= 15 is 0 Å². The minimum absolute atomic E-state index is 0.119. The second-order valence-corrected chi connectivity index (χ2v) is 3.13. The number of carboxylic acid groups (broad SMARTS) is 2. The highest BCUT2D eigenvalue weighted by atomic mass is 16.4. The molecule has 1 aromatic heterocycles. The van der Waals surface area contributed by atoms with Crippen LogP contribution in [0.3, 0.4) is 0 Å². The van der Waals surface area contributed by atoms with E-state index in [4.69, 9.17) is 10.2 Å². The molecule has 1 rings (SSSR count). The maximum Gasteiger partial charge on any atom is 0.336 e. The van der Waals surface area contributed by atoms with Crippen LogP contribution in [0.5, 0.6) is 0 Å². The van der Waals surface area contributed by atoms with E-state index in [-0.39, 0.29) is 12.0 Å². The molecule has 2 N–H and O–H groups in total. The van der Waals surface area contributed by atoms with Gasteiger partial charge in [0.1, 0.15) is 6.54 Å². The molecule has 0 aromatic carbocycles. The predicted octanol–water partition coefficient (Wildman–Crippen LogP) is 0.537. The Morgan fingerprint density at radius 3 is 2.27 bits per heavy atom. The molecule has 5 nitrogen and oxygen atoms in total.